The van der Waals surface area contributed by atoms with E-state index in [1.54, 1.807) is 12.4 Å². The molecule has 2 rings (SSSR count). The van der Waals surface area contributed by atoms with Crippen molar-refractivity contribution in [1.29, 1.82) is 5.26 Å². The average molecular weight is 466 g/mol. The molecule has 2 aromatic rings. The summed E-state index contributed by atoms with van der Waals surface area (Å²) in [5.74, 6) is -4.06. The van der Waals surface area contributed by atoms with Crippen molar-refractivity contribution in [3.05, 3.63) is 52.0 Å². The molecule has 1 N–H and O–H groups in total. The first kappa shape index (κ1) is 21.0. The number of nitrogens with one attached hydrogen (secondary N) is 1. The van der Waals surface area contributed by atoms with E-state index >= 15 is 0 Å². The highest BCUT2D eigenvalue weighted by Gasteiger charge is 2.33. The molecule has 142 valence electrons. The maximum Gasteiger partial charge on any atom is 0.416 e. The van der Waals surface area contributed by atoms with E-state index in [2.05, 4.69) is 26.2 Å². The number of hydrogen-bond acceptors (Lipinski definition) is 4. The van der Waals surface area contributed by atoms with Gasteiger partial charge in [-0.25, -0.2) is 13.8 Å². The fourth-order valence-corrected chi connectivity index (χ4v) is 2.53. The number of amidine groups is 1. The molecule has 0 saturated carbocycles. The third-order valence-corrected chi connectivity index (χ3v) is 4.27. The van der Waals surface area contributed by atoms with Crippen molar-refractivity contribution in [2.24, 2.45) is 4.99 Å². The van der Waals surface area contributed by atoms with Gasteiger partial charge in [-0.2, -0.15) is 18.4 Å². The van der Waals surface area contributed by atoms with Gasteiger partial charge in [0.1, 0.15) is 5.75 Å². The fourth-order valence-electron chi connectivity index (χ4n) is 1.86. The van der Waals surface area contributed by atoms with Crippen LogP contribution in [0.25, 0.3) is 0 Å². The number of ether oxygens (including phenoxy) is 1. The van der Waals surface area contributed by atoms with Crippen molar-refractivity contribution in [3.8, 4) is 17.7 Å². The summed E-state index contributed by atoms with van der Waals surface area (Å²) in [5, 5.41) is 11.2. The predicted octanol–water partition coefficient (Wildman–Crippen LogP) is 5.96. The zero-order valence-electron chi connectivity index (χ0n) is 13.4. The van der Waals surface area contributed by atoms with Crippen molar-refractivity contribution in [2.75, 3.05) is 6.26 Å². The molecular weight excluding hydrogens is 457 g/mol. The third-order valence-electron chi connectivity index (χ3n) is 3.04. The van der Waals surface area contributed by atoms with E-state index in [1.807, 2.05) is 0 Å². The van der Waals surface area contributed by atoms with Crippen LogP contribution in [0.5, 0.6) is 11.5 Å². The lowest BCUT2D eigenvalue weighted by Gasteiger charge is -2.13. The summed E-state index contributed by atoms with van der Waals surface area (Å²) in [6.07, 6.45) is -1.51. The molecule has 11 heteroatoms. The molecular formula is C16H9BrF5N3OS. The van der Waals surface area contributed by atoms with Crippen molar-refractivity contribution in [2.45, 2.75) is 6.18 Å². The Hall–Kier alpha value is -2.32. The Bertz CT molecular complexity index is 904. The van der Waals surface area contributed by atoms with Gasteiger partial charge in [0.2, 0.25) is 0 Å². The zero-order chi connectivity index (χ0) is 20.2. The van der Waals surface area contributed by atoms with Crippen LogP contribution < -0.4 is 10.1 Å². The predicted molar refractivity (Wildman–Crippen MR) is 94.9 cm³/mol. The number of rotatable bonds is 3. The van der Waals surface area contributed by atoms with Gasteiger partial charge in [-0.1, -0.05) is 11.8 Å². The van der Waals surface area contributed by atoms with Crippen LogP contribution in [0.4, 0.5) is 27.6 Å². The monoisotopic (exact) mass is 465 g/mol. The standard InChI is InChI=1S/C16H9BrF5N3OS/c1-27-15(24-7-23)25-9-2-3-10(17)13(6-9)26-14-11(18)4-8(5-12(14)19)16(20,21)22/h2-6H,1H3,(H,24,25). The number of nitriles is 1. The molecule has 0 aliphatic rings. The van der Waals surface area contributed by atoms with E-state index in [1.165, 1.54) is 18.2 Å². The number of alkyl halides is 3. The van der Waals surface area contributed by atoms with Crippen LogP contribution in [0.1, 0.15) is 5.56 Å². The Morgan fingerprint density at radius 1 is 1.22 bits per heavy atom. The largest absolute Gasteiger partial charge is 0.450 e. The van der Waals surface area contributed by atoms with Gasteiger partial charge in [-0.15, -0.1) is 0 Å². The van der Waals surface area contributed by atoms with Crippen LogP contribution in [0.2, 0.25) is 0 Å². The highest BCUT2D eigenvalue weighted by atomic mass is 79.9. The molecule has 0 fully saturated rings. The van der Waals surface area contributed by atoms with Crippen LogP contribution in [-0.2, 0) is 6.18 Å². The molecule has 4 nitrogen and oxygen atoms in total. The molecule has 0 heterocycles. The lowest BCUT2D eigenvalue weighted by molar-refractivity contribution is -0.138. The first-order valence-corrected chi connectivity index (χ1v) is 8.99. The van der Waals surface area contributed by atoms with Gasteiger partial charge in [0.25, 0.3) is 0 Å². The Morgan fingerprint density at radius 2 is 1.85 bits per heavy atom. The molecule has 27 heavy (non-hydrogen) atoms. The summed E-state index contributed by atoms with van der Waals surface area (Å²) in [5.41, 5.74) is -1.18. The Balaban J connectivity index is 2.41. The minimum atomic E-state index is -4.89. The minimum absolute atomic E-state index is 0.0776. The van der Waals surface area contributed by atoms with Crippen LogP contribution >= 0.6 is 27.7 Å². The molecule has 0 aliphatic heterocycles. The van der Waals surface area contributed by atoms with E-state index < -0.39 is 29.1 Å². The Morgan fingerprint density at radius 3 is 2.37 bits per heavy atom. The van der Waals surface area contributed by atoms with Crippen LogP contribution in [0.3, 0.4) is 0 Å². The molecule has 2 aromatic carbocycles. The SMILES string of the molecule is CSC(=Nc1ccc(Br)c(Oc2c(F)cc(C(F)(F)F)cc2F)c1)NC#N. The van der Waals surface area contributed by atoms with E-state index in [0.717, 1.165) is 11.8 Å². The molecule has 0 bridgehead atoms. The van der Waals surface area contributed by atoms with Crippen LogP contribution in [-0.4, -0.2) is 11.4 Å². The van der Waals surface area contributed by atoms with Crippen LogP contribution in [0.15, 0.2) is 39.8 Å². The summed E-state index contributed by atoms with van der Waals surface area (Å²) >= 11 is 4.28. The highest BCUT2D eigenvalue weighted by Crippen LogP contribution is 2.38. The molecule has 0 amide bonds. The Kier molecular flexibility index (Phi) is 6.67. The van der Waals surface area contributed by atoms with Crippen molar-refractivity contribution >= 4 is 38.5 Å². The number of benzene rings is 2. The number of halogens is 6. The quantitative estimate of drug-likeness (QED) is 0.200. The Labute approximate surface area is 163 Å². The minimum Gasteiger partial charge on any atom is -0.450 e. The van der Waals surface area contributed by atoms with Gasteiger partial charge < -0.3 is 4.74 Å². The number of aliphatic imine (C=N–C) groups is 1. The van der Waals surface area contributed by atoms with Gasteiger partial charge >= 0.3 is 6.18 Å². The van der Waals surface area contributed by atoms with Gasteiger partial charge in [0.15, 0.2) is 28.7 Å². The summed E-state index contributed by atoms with van der Waals surface area (Å²) in [4.78, 5) is 4.11. The van der Waals surface area contributed by atoms with Gasteiger partial charge in [-0.3, -0.25) is 5.32 Å². The summed E-state index contributed by atoms with van der Waals surface area (Å²) in [7, 11) is 0. The van der Waals surface area contributed by atoms with E-state index in [9.17, 15) is 22.0 Å². The van der Waals surface area contributed by atoms with E-state index in [-0.39, 0.29) is 28.7 Å². The molecule has 0 unspecified atom stereocenters. The van der Waals surface area contributed by atoms with Gasteiger partial charge in [0, 0.05) is 6.07 Å². The third kappa shape index (κ3) is 5.33. The first-order chi connectivity index (χ1) is 12.7. The van der Waals surface area contributed by atoms with Crippen molar-refractivity contribution < 1.29 is 26.7 Å². The van der Waals surface area contributed by atoms with Gasteiger partial charge in [-0.05, 0) is 46.5 Å². The second-order valence-corrected chi connectivity index (χ2v) is 6.49. The molecule has 0 aliphatic carbocycles. The normalized spacial score (nSPS) is 11.9. The highest BCUT2D eigenvalue weighted by molar-refractivity contribution is 9.10. The smallest absolute Gasteiger partial charge is 0.416 e. The van der Waals surface area contributed by atoms with Crippen LogP contribution in [0, 0.1) is 23.1 Å². The van der Waals surface area contributed by atoms with E-state index in [0.29, 0.717) is 4.47 Å². The summed E-state index contributed by atoms with van der Waals surface area (Å²) in [6, 6.07) is 4.61. The van der Waals surface area contributed by atoms with Crippen molar-refractivity contribution in [3.63, 3.8) is 0 Å². The summed E-state index contributed by atoms with van der Waals surface area (Å²) < 4.78 is 71.2. The van der Waals surface area contributed by atoms with Gasteiger partial charge in [0.05, 0.1) is 15.7 Å². The summed E-state index contributed by atoms with van der Waals surface area (Å²) in [6.45, 7) is 0. The topological polar surface area (TPSA) is 57.4 Å². The van der Waals surface area contributed by atoms with E-state index in [4.69, 9.17) is 10.00 Å². The maximum absolute atomic E-state index is 14.0. The molecule has 0 spiro atoms. The zero-order valence-corrected chi connectivity index (χ0v) is 15.8. The molecule has 0 saturated heterocycles. The average Bonchev–Trinajstić information content (AvgIpc) is 2.59. The second kappa shape index (κ2) is 8.58. The number of thioether (sulfide) groups is 1. The number of hydrogen-bond donors (Lipinski definition) is 1. The molecule has 0 aromatic heterocycles. The first-order valence-electron chi connectivity index (χ1n) is 6.97. The maximum atomic E-state index is 14.0. The lowest BCUT2D eigenvalue weighted by atomic mass is 10.2. The molecule has 0 atom stereocenters. The number of nitrogens with zero attached hydrogens (tertiary/aromatic N) is 2. The second-order valence-electron chi connectivity index (χ2n) is 4.84. The molecule has 0 radical (unpaired) electrons. The lowest BCUT2D eigenvalue weighted by Crippen LogP contribution is -2.12. The fraction of sp³-hybridized carbons (Fsp3) is 0.125. The van der Waals surface area contributed by atoms with Crippen molar-refractivity contribution in [1.82, 2.24) is 5.32 Å².